The predicted octanol–water partition coefficient (Wildman–Crippen LogP) is 3.77. The van der Waals surface area contributed by atoms with Crippen molar-refractivity contribution in [1.82, 2.24) is 20.5 Å². The van der Waals surface area contributed by atoms with E-state index in [2.05, 4.69) is 15.6 Å². The third-order valence-electron chi connectivity index (χ3n) is 13.2. The lowest BCUT2D eigenvalue weighted by Gasteiger charge is -2.60. The van der Waals surface area contributed by atoms with Crippen molar-refractivity contribution in [2.75, 3.05) is 40.0 Å². The van der Waals surface area contributed by atoms with E-state index in [1.807, 2.05) is 49.9 Å². The van der Waals surface area contributed by atoms with E-state index in [4.69, 9.17) is 28.4 Å². The number of fused-ring (bicyclic) bond motifs is 11. The van der Waals surface area contributed by atoms with Crippen LogP contribution in [0.1, 0.15) is 81.7 Å². The van der Waals surface area contributed by atoms with Gasteiger partial charge in [-0.1, -0.05) is 13.0 Å². The lowest BCUT2D eigenvalue weighted by atomic mass is 9.71. The van der Waals surface area contributed by atoms with Crippen LogP contribution in [-0.4, -0.2) is 101 Å². The van der Waals surface area contributed by atoms with Gasteiger partial charge in [0.25, 0.3) is 0 Å². The highest BCUT2D eigenvalue weighted by Crippen LogP contribution is 2.64. The Labute approximate surface area is 338 Å². The van der Waals surface area contributed by atoms with Gasteiger partial charge in [-0.25, -0.2) is 4.79 Å². The molecule has 9 atom stereocenters. The normalized spacial score (nSPS) is 30.6. The zero-order chi connectivity index (χ0) is 40.5. The molecule has 7 aliphatic heterocycles. The average Bonchev–Trinajstić information content (AvgIpc) is 3.85. The van der Waals surface area contributed by atoms with Crippen LogP contribution < -0.4 is 34.3 Å². The summed E-state index contributed by atoms with van der Waals surface area (Å²) in [6.45, 7) is 6.54. The number of ether oxygens (including phenoxy) is 6. The van der Waals surface area contributed by atoms with Crippen LogP contribution in [0.2, 0.25) is 0 Å². The predicted molar refractivity (Wildman–Crippen MR) is 211 cm³/mol. The van der Waals surface area contributed by atoms with Gasteiger partial charge in [0, 0.05) is 63.8 Å². The number of nitrogens with one attached hydrogen (secondary N) is 3. The Kier molecular flexibility index (Phi) is 8.68. The van der Waals surface area contributed by atoms with Crippen molar-refractivity contribution in [3.05, 3.63) is 68.9 Å². The number of aliphatic hydroxyl groups is 2. The first-order chi connectivity index (χ1) is 27.9. The minimum Gasteiger partial charge on any atom is -0.504 e. The van der Waals surface area contributed by atoms with E-state index in [9.17, 15) is 20.1 Å². The number of H-pyrrole nitrogens is 1. The Morgan fingerprint density at radius 3 is 2.60 bits per heavy atom. The molecule has 16 heteroatoms. The van der Waals surface area contributed by atoms with Gasteiger partial charge in [-0.15, -0.1) is 11.8 Å². The second kappa shape index (κ2) is 13.4. The largest absolute Gasteiger partial charge is 0.504 e. The Balaban J connectivity index is 1.23. The number of aliphatic hydroxyl groups excluding tert-OH is 2. The summed E-state index contributed by atoms with van der Waals surface area (Å²) in [5.41, 5.74) is 4.98. The lowest BCUT2D eigenvalue weighted by molar-refractivity contribution is -0.166. The molecule has 6 N–H and O–H groups in total. The molecule has 8 heterocycles. The second-order valence-electron chi connectivity index (χ2n) is 16.2. The molecule has 0 radical (unpaired) electrons. The number of hydrogen-bond donors (Lipinski definition) is 6. The number of hydrogen-bond acceptors (Lipinski definition) is 15. The zero-order valence-electron chi connectivity index (χ0n) is 32.9. The number of aryl methyl sites for hydroxylation is 1. The third kappa shape index (κ3) is 5.05. The highest BCUT2D eigenvalue weighted by Gasteiger charge is 2.61. The fourth-order valence-corrected chi connectivity index (χ4v) is 12.4. The molecule has 15 nitrogen and oxygen atoms in total. The number of piperazine rings is 1. The van der Waals surface area contributed by atoms with Gasteiger partial charge in [-0.05, 0) is 55.2 Å². The number of methoxy groups -OCH3 is 2. The van der Waals surface area contributed by atoms with Crippen LogP contribution >= 0.6 is 11.8 Å². The first kappa shape index (κ1) is 37.6. The van der Waals surface area contributed by atoms with E-state index in [1.165, 1.54) is 25.8 Å². The van der Waals surface area contributed by atoms with Crippen LogP contribution in [-0.2, 0) is 26.3 Å². The van der Waals surface area contributed by atoms with Crippen LogP contribution in [0.5, 0.6) is 34.5 Å². The standard InChI is InChI=1S/C42H46N4O11S/c1-16-9-22-17(2)30-40(50)46-26-13-54-41(51)42(39-24(10-20(12-47)45-42)23-11-21(52-5)7-8-25(23)43-39)14-58-38(32(46)31(44-30)27(22)33(49)34(16)53-6)29-28(26)37-36(55-15-56-37)18(3)35(29)57-19(4)48/h7-9,11,17,20,26,30-32,38,40,43-45,47,49-50H,10,12-15H2,1-6H3/t17?,20-,26+,30+,31-,32-,38-,40+,42-/m1/s1. The quantitative estimate of drug-likeness (QED) is 0.129. The van der Waals surface area contributed by atoms with Gasteiger partial charge >= 0.3 is 11.9 Å². The summed E-state index contributed by atoms with van der Waals surface area (Å²) in [5, 5.41) is 42.9. The number of esters is 2. The van der Waals surface area contributed by atoms with Gasteiger partial charge < -0.3 is 54.0 Å². The van der Waals surface area contributed by atoms with E-state index >= 15 is 4.79 Å². The Morgan fingerprint density at radius 2 is 1.86 bits per heavy atom. The minimum atomic E-state index is -1.47. The number of aromatic amines is 1. The van der Waals surface area contributed by atoms with Crippen molar-refractivity contribution in [1.29, 1.82) is 0 Å². The molecule has 11 rings (SSSR count). The summed E-state index contributed by atoms with van der Waals surface area (Å²) in [5.74, 6) is 0.960. The molecule has 3 aromatic carbocycles. The molecule has 2 fully saturated rings. The van der Waals surface area contributed by atoms with Gasteiger partial charge in [0.1, 0.15) is 24.3 Å². The maximum Gasteiger partial charge on any atom is 0.333 e. The number of aromatic hydroxyl groups is 1. The van der Waals surface area contributed by atoms with E-state index in [0.29, 0.717) is 63.1 Å². The van der Waals surface area contributed by atoms with Crippen molar-refractivity contribution in [3.8, 4) is 34.5 Å². The summed E-state index contributed by atoms with van der Waals surface area (Å²) in [4.78, 5) is 33.5. The molecular weight excluding hydrogens is 769 g/mol. The molecule has 306 valence electrons. The summed E-state index contributed by atoms with van der Waals surface area (Å²) >= 11 is 1.44. The van der Waals surface area contributed by atoms with E-state index in [0.717, 1.165) is 27.6 Å². The molecule has 7 aliphatic rings. The first-order valence-electron chi connectivity index (χ1n) is 19.5. The van der Waals surface area contributed by atoms with Gasteiger partial charge in [0.05, 0.1) is 49.9 Å². The zero-order valence-corrected chi connectivity index (χ0v) is 33.7. The Hall–Kier alpha value is -4.71. The molecule has 4 aromatic rings. The highest BCUT2D eigenvalue weighted by molar-refractivity contribution is 7.99. The van der Waals surface area contributed by atoms with E-state index in [1.54, 1.807) is 7.11 Å². The number of carbonyl (C=O) groups excluding carboxylic acids is 2. The topological polar surface area (TPSA) is 193 Å². The number of thioether (sulfide) groups is 1. The fourth-order valence-electron chi connectivity index (χ4n) is 10.7. The van der Waals surface area contributed by atoms with Gasteiger partial charge in [-0.3, -0.25) is 15.0 Å². The number of phenolic OH excluding ortho intramolecular Hbond substituents is 1. The van der Waals surface area contributed by atoms with Crippen molar-refractivity contribution >= 4 is 34.6 Å². The van der Waals surface area contributed by atoms with Crippen molar-refractivity contribution in [2.24, 2.45) is 0 Å². The molecule has 0 saturated carbocycles. The van der Waals surface area contributed by atoms with Crippen LogP contribution in [0.15, 0.2) is 24.3 Å². The monoisotopic (exact) mass is 814 g/mol. The average molecular weight is 815 g/mol. The molecule has 2 saturated heterocycles. The van der Waals surface area contributed by atoms with Gasteiger partial charge in [-0.2, -0.15) is 0 Å². The number of aromatic nitrogens is 1. The number of nitrogens with zero attached hydrogens (tertiary/aromatic N) is 1. The molecule has 58 heavy (non-hydrogen) atoms. The maximum atomic E-state index is 15.0. The Morgan fingerprint density at radius 1 is 1.07 bits per heavy atom. The first-order valence-corrected chi connectivity index (χ1v) is 20.6. The maximum absolute atomic E-state index is 15.0. The molecule has 1 spiro atoms. The molecule has 0 amide bonds. The van der Waals surface area contributed by atoms with Gasteiger partial charge in [0.15, 0.2) is 28.5 Å². The summed E-state index contributed by atoms with van der Waals surface area (Å²) in [7, 11) is 3.13. The number of carbonyl (C=O) groups is 2. The number of benzene rings is 3. The third-order valence-corrected chi connectivity index (χ3v) is 14.7. The highest BCUT2D eigenvalue weighted by atomic mass is 32.2. The number of rotatable bonds is 4. The molecule has 4 bridgehead atoms. The minimum absolute atomic E-state index is 0.0117. The van der Waals surface area contributed by atoms with E-state index < -0.39 is 59.2 Å². The molecular formula is C42H46N4O11S. The molecule has 0 aliphatic carbocycles. The smallest absolute Gasteiger partial charge is 0.333 e. The van der Waals surface area contributed by atoms with Crippen LogP contribution in [0, 0.1) is 13.8 Å². The number of phenols is 1. The SMILES string of the molecule is COc1ccc2[nH]c3c(c2c1)C[C@H](CO)N[C@]31CS[C@@H]2c3c(OC(C)=O)c(C)c4c(c3[C@H](COC1=O)N1[C@@H]2[C@@H]2N[C@@H](C(C)c3cc(C)c(OC)c(O)c32)[C@@H]1O)OCO4. The van der Waals surface area contributed by atoms with Crippen molar-refractivity contribution in [2.45, 2.75) is 87.3 Å². The summed E-state index contributed by atoms with van der Waals surface area (Å²) in [6, 6.07) is 4.71. The van der Waals surface area contributed by atoms with Crippen molar-refractivity contribution < 1.29 is 53.3 Å². The van der Waals surface area contributed by atoms with Gasteiger partial charge in [0.2, 0.25) is 6.79 Å². The van der Waals surface area contributed by atoms with Crippen molar-refractivity contribution in [3.63, 3.8) is 0 Å². The van der Waals surface area contributed by atoms with Crippen LogP contribution in [0.3, 0.4) is 0 Å². The summed E-state index contributed by atoms with van der Waals surface area (Å²) in [6.07, 6.45) is -0.654. The lowest BCUT2D eigenvalue weighted by Crippen LogP contribution is -2.70. The van der Waals surface area contributed by atoms with Crippen LogP contribution in [0.25, 0.3) is 10.9 Å². The fraction of sp³-hybridized carbons (Fsp3) is 0.476. The molecule has 1 aromatic heterocycles. The van der Waals surface area contributed by atoms with Crippen LogP contribution in [0.4, 0.5) is 0 Å². The second-order valence-corrected chi connectivity index (χ2v) is 17.3. The summed E-state index contributed by atoms with van der Waals surface area (Å²) < 4.78 is 36.2. The Bertz CT molecular complexity index is 2420. The van der Waals surface area contributed by atoms with E-state index in [-0.39, 0.29) is 37.4 Å². The molecule has 1 unspecified atom stereocenters.